The summed E-state index contributed by atoms with van der Waals surface area (Å²) in [6.07, 6.45) is 2.27. The molecule has 0 N–H and O–H groups in total. The van der Waals surface area contributed by atoms with E-state index in [1.165, 1.54) is 0 Å². The summed E-state index contributed by atoms with van der Waals surface area (Å²) in [4.78, 5) is 17.3. The van der Waals surface area contributed by atoms with E-state index in [9.17, 15) is 4.79 Å². The Morgan fingerprint density at radius 2 is 2.31 bits per heavy atom. The van der Waals surface area contributed by atoms with Gasteiger partial charge in [-0.05, 0) is 18.6 Å². The second kappa shape index (κ2) is 3.17. The number of hydrogen-bond donors (Lipinski definition) is 0. The smallest absolute Gasteiger partial charge is 0.227 e. The van der Waals surface area contributed by atoms with Crippen molar-refractivity contribution in [1.82, 2.24) is 9.88 Å². The lowest BCUT2D eigenvalue weighted by Gasteiger charge is -2.01. The number of aromatic nitrogens is 1. The summed E-state index contributed by atoms with van der Waals surface area (Å²) >= 11 is 0. The van der Waals surface area contributed by atoms with Crippen LogP contribution in [0.1, 0.15) is 11.3 Å². The largest absolute Gasteiger partial charge is 0.339 e. The second-order valence-corrected chi connectivity index (χ2v) is 3.37. The number of nitrogens with zero attached hydrogens (tertiary/aromatic N) is 2. The molecule has 2 rings (SSSR count). The number of rotatable bonds is 2. The number of amides is 1. The molecule has 1 amide bonds. The zero-order valence-electron chi connectivity index (χ0n) is 7.66. The van der Waals surface area contributed by atoms with Gasteiger partial charge in [-0.2, -0.15) is 0 Å². The molecule has 0 atom stereocenters. The number of hydrogen-bond acceptors (Lipinski definition) is 2. The lowest BCUT2D eigenvalue weighted by molar-refractivity contribution is -0.125. The van der Waals surface area contributed by atoms with Crippen molar-refractivity contribution in [2.75, 3.05) is 13.1 Å². The molecule has 0 bridgehead atoms. The van der Waals surface area contributed by atoms with Crippen LogP contribution in [0.4, 0.5) is 0 Å². The Hall–Kier alpha value is -1.38. The van der Waals surface area contributed by atoms with Crippen LogP contribution in [0.15, 0.2) is 18.3 Å². The van der Waals surface area contributed by atoms with Crippen molar-refractivity contribution < 1.29 is 4.79 Å². The van der Waals surface area contributed by atoms with E-state index >= 15 is 0 Å². The molecule has 0 spiro atoms. The Morgan fingerprint density at radius 1 is 1.54 bits per heavy atom. The van der Waals surface area contributed by atoms with E-state index in [0.717, 1.165) is 24.3 Å². The van der Waals surface area contributed by atoms with E-state index in [1.807, 2.05) is 24.0 Å². The summed E-state index contributed by atoms with van der Waals surface area (Å²) in [6, 6.07) is 3.90. The molecule has 1 aromatic rings. The first-order chi connectivity index (χ1) is 6.25. The highest BCUT2D eigenvalue weighted by Gasteiger charge is 2.23. The van der Waals surface area contributed by atoms with Gasteiger partial charge < -0.3 is 4.90 Å². The highest BCUT2D eigenvalue weighted by molar-refractivity contribution is 5.80. The standard InChI is InChI=1S/C10H12N2O/c1-8-2-3-9(7-11-8)6-10(13)12-4-5-12/h2-3,7H,4-6H2,1H3. The fourth-order valence-corrected chi connectivity index (χ4v) is 1.19. The van der Waals surface area contributed by atoms with Crippen LogP contribution in [0.3, 0.4) is 0 Å². The van der Waals surface area contributed by atoms with E-state index < -0.39 is 0 Å². The summed E-state index contributed by atoms with van der Waals surface area (Å²) in [5.74, 6) is 0.214. The summed E-state index contributed by atoms with van der Waals surface area (Å²) in [7, 11) is 0. The van der Waals surface area contributed by atoms with Gasteiger partial charge in [0, 0.05) is 25.0 Å². The second-order valence-electron chi connectivity index (χ2n) is 3.37. The van der Waals surface area contributed by atoms with Crippen LogP contribution in [-0.2, 0) is 11.2 Å². The quantitative estimate of drug-likeness (QED) is 0.624. The third kappa shape index (κ3) is 2.05. The Balaban J connectivity index is 2.00. The van der Waals surface area contributed by atoms with E-state index in [4.69, 9.17) is 0 Å². The minimum Gasteiger partial charge on any atom is -0.339 e. The van der Waals surface area contributed by atoms with Crippen molar-refractivity contribution in [2.45, 2.75) is 13.3 Å². The van der Waals surface area contributed by atoms with Gasteiger partial charge in [0.25, 0.3) is 0 Å². The maximum Gasteiger partial charge on any atom is 0.227 e. The highest BCUT2D eigenvalue weighted by atomic mass is 16.2. The van der Waals surface area contributed by atoms with Gasteiger partial charge in [-0.15, -0.1) is 0 Å². The number of aryl methyl sites for hydroxylation is 1. The van der Waals surface area contributed by atoms with Gasteiger partial charge in [0.15, 0.2) is 0 Å². The van der Waals surface area contributed by atoms with Crippen molar-refractivity contribution in [3.63, 3.8) is 0 Å². The fourth-order valence-electron chi connectivity index (χ4n) is 1.19. The van der Waals surface area contributed by atoms with Crippen LogP contribution in [0, 0.1) is 6.92 Å². The molecule has 13 heavy (non-hydrogen) atoms. The van der Waals surface area contributed by atoms with Gasteiger partial charge >= 0.3 is 0 Å². The molecule has 1 aliphatic rings. The molecular weight excluding hydrogens is 164 g/mol. The zero-order valence-corrected chi connectivity index (χ0v) is 7.66. The Morgan fingerprint density at radius 3 is 2.85 bits per heavy atom. The number of carbonyl (C=O) groups excluding carboxylic acids is 1. The molecule has 3 nitrogen and oxygen atoms in total. The first-order valence-corrected chi connectivity index (χ1v) is 4.45. The Bertz CT molecular complexity index is 314. The molecule has 1 saturated heterocycles. The lowest BCUT2D eigenvalue weighted by atomic mass is 10.2. The van der Waals surface area contributed by atoms with Gasteiger partial charge in [-0.3, -0.25) is 9.78 Å². The van der Waals surface area contributed by atoms with Gasteiger partial charge in [0.1, 0.15) is 0 Å². The molecule has 0 radical (unpaired) electrons. The van der Waals surface area contributed by atoms with Gasteiger partial charge in [-0.25, -0.2) is 0 Å². The number of carbonyl (C=O) groups is 1. The van der Waals surface area contributed by atoms with E-state index in [1.54, 1.807) is 6.20 Å². The maximum atomic E-state index is 11.4. The lowest BCUT2D eigenvalue weighted by Crippen LogP contribution is -2.13. The first kappa shape index (κ1) is 8.23. The Labute approximate surface area is 77.4 Å². The van der Waals surface area contributed by atoms with E-state index in [2.05, 4.69) is 4.98 Å². The molecular formula is C10H12N2O. The third-order valence-corrected chi connectivity index (χ3v) is 2.13. The average Bonchev–Trinajstić information content (AvgIpc) is 2.91. The molecule has 1 fully saturated rings. The maximum absolute atomic E-state index is 11.4. The van der Waals surface area contributed by atoms with Gasteiger partial charge in [0.05, 0.1) is 6.42 Å². The van der Waals surface area contributed by atoms with Crippen LogP contribution < -0.4 is 0 Å². The average molecular weight is 176 g/mol. The molecule has 0 aromatic carbocycles. The van der Waals surface area contributed by atoms with E-state index in [-0.39, 0.29) is 5.91 Å². The summed E-state index contributed by atoms with van der Waals surface area (Å²) in [6.45, 7) is 3.80. The van der Waals surface area contributed by atoms with Crippen molar-refractivity contribution in [3.05, 3.63) is 29.6 Å². The highest BCUT2D eigenvalue weighted by Crippen LogP contribution is 2.08. The zero-order chi connectivity index (χ0) is 9.26. The van der Waals surface area contributed by atoms with E-state index in [0.29, 0.717) is 6.42 Å². The monoisotopic (exact) mass is 176 g/mol. The third-order valence-electron chi connectivity index (χ3n) is 2.13. The normalized spacial score (nSPS) is 14.4. The van der Waals surface area contributed by atoms with Crippen LogP contribution in [0.5, 0.6) is 0 Å². The van der Waals surface area contributed by atoms with Gasteiger partial charge in [0.2, 0.25) is 5.91 Å². The summed E-state index contributed by atoms with van der Waals surface area (Å²) < 4.78 is 0. The first-order valence-electron chi connectivity index (χ1n) is 4.45. The summed E-state index contributed by atoms with van der Waals surface area (Å²) in [5.41, 5.74) is 1.99. The fraction of sp³-hybridized carbons (Fsp3) is 0.400. The van der Waals surface area contributed by atoms with Crippen LogP contribution in [0.2, 0.25) is 0 Å². The topological polar surface area (TPSA) is 33.0 Å². The minimum absolute atomic E-state index is 0.214. The predicted octanol–water partition coefficient (Wildman–Crippen LogP) is 0.775. The van der Waals surface area contributed by atoms with Crippen molar-refractivity contribution in [1.29, 1.82) is 0 Å². The van der Waals surface area contributed by atoms with Crippen molar-refractivity contribution >= 4 is 5.91 Å². The van der Waals surface area contributed by atoms with Crippen molar-refractivity contribution in [2.24, 2.45) is 0 Å². The van der Waals surface area contributed by atoms with Gasteiger partial charge in [-0.1, -0.05) is 6.07 Å². The summed E-state index contributed by atoms with van der Waals surface area (Å²) in [5, 5.41) is 0. The molecule has 1 aliphatic heterocycles. The minimum atomic E-state index is 0.214. The molecule has 3 heteroatoms. The Kier molecular flexibility index (Phi) is 2.00. The molecule has 0 aliphatic carbocycles. The number of pyridine rings is 1. The molecule has 68 valence electrons. The molecule has 2 heterocycles. The molecule has 0 saturated carbocycles. The SMILES string of the molecule is Cc1ccc(CC(=O)N2CC2)cn1. The molecule has 0 unspecified atom stereocenters. The van der Waals surface area contributed by atoms with Crippen LogP contribution in [-0.4, -0.2) is 28.9 Å². The molecule has 1 aromatic heterocycles. The predicted molar refractivity (Wildman–Crippen MR) is 49.3 cm³/mol. The van der Waals surface area contributed by atoms with Crippen LogP contribution in [0.25, 0.3) is 0 Å². The van der Waals surface area contributed by atoms with Crippen LogP contribution >= 0.6 is 0 Å². The van der Waals surface area contributed by atoms with Crippen molar-refractivity contribution in [3.8, 4) is 0 Å².